The SMILES string of the molecule is Cc1noc(C)c1COc1ccc(C(=O)Oc2ccc(-n3cnnn3)cc2)cc1. The van der Waals surface area contributed by atoms with Crippen molar-refractivity contribution in [2.75, 3.05) is 0 Å². The Morgan fingerprint density at radius 1 is 1.03 bits per heavy atom. The molecule has 146 valence electrons. The van der Waals surface area contributed by atoms with Gasteiger partial charge in [0.2, 0.25) is 0 Å². The molecule has 0 radical (unpaired) electrons. The van der Waals surface area contributed by atoms with Crippen molar-refractivity contribution in [3.05, 3.63) is 77.4 Å². The number of tetrazole rings is 1. The van der Waals surface area contributed by atoms with Crippen molar-refractivity contribution in [1.82, 2.24) is 25.4 Å². The van der Waals surface area contributed by atoms with E-state index >= 15 is 0 Å². The van der Waals surface area contributed by atoms with Crippen LogP contribution in [0.25, 0.3) is 5.69 Å². The fraction of sp³-hybridized carbons (Fsp3) is 0.150. The molecule has 0 atom stereocenters. The predicted octanol–water partition coefficient (Wildman–Crippen LogP) is 3.07. The van der Waals surface area contributed by atoms with Crippen LogP contribution in [0.1, 0.15) is 27.4 Å². The van der Waals surface area contributed by atoms with Crippen molar-refractivity contribution >= 4 is 5.97 Å². The van der Waals surface area contributed by atoms with E-state index in [-0.39, 0.29) is 0 Å². The third-order valence-corrected chi connectivity index (χ3v) is 4.32. The summed E-state index contributed by atoms with van der Waals surface area (Å²) < 4.78 is 17.8. The summed E-state index contributed by atoms with van der Waals surface area (Å²) in [6.07, 6.45) is 1.48. The maximum absolute atomic E-state index is 12.4. The van der Waals surface area contributed by atoms with Gasteiger partial charge in [0, 0.05) is 0 Å². The zero-order valence-corrected chi connectivity index (χ0v) is 15.8. The van der Waals surface area contributed by atoms with Crippen LogP contribution in [-0.4, -0.2) is 31.3 Å². The fourth-order valence-electron chi connectivity index (χ4n) is 2.66. The number of aromatic nitrogens is 5. The average molecular weight is 391 g/mol. The minimum atomic E-state index is -0.461. The van der Waals surface area contributed by atoms with Gasteiger partial charge in [-0.25, -0.2) is 9.48 Å². The largest absolute Gasteiger partial charge is 0.489 e. The Kier molecular flexibility index (Phi) is 5.02. The summed E-state index contributed by atoms with van der Waals surface area (Å²) in [4.78, 5) is 12.4. The van der Waals surface area contributed by atoms with E-state index in [0.717, 1.165) is 22.7 Å². The first kappa shape index (κ1) is 18.4. The summed E-state index contributed by atoms with van der Waals surface area (Å²) in [6, 6.07) is 13.6. The molecule has 0 aliphatic rings. The van der Waals surface area contributed by atoms with E-state index in [4.69, 9.17) is 14.0 Å². The van der Waals surface area contributed by atoms with Gasteiger partial charge in [-0.1, -0.05) is 5.16 Å². The summed E-state index contributed by atoms with van der Waals surface area (Å²) in [6.45, 7) is 4.05. The molecule has 4 rings (SSSR count). The zero-order chi connectivity index (χ0) is 20.2. The van der Waals surface area contributed by atoms with Gasteiger partial charge < -0.3 is 14.0 Å². The van der Waals surface area contributed by atoms with Crippen molar-refractivity contribution in [3.63, 3.8) is 0 Å². The molecule has 0 aliphatic carbocycles. The maximum Gasteiger partial charge on any atom is 0.343 e. The van der Waals surface area contributed by atoms with Crippen molar-refractivity contribution in [3.8, 4) is 17.2 Å². The van der Waals surface area contributed by atoms with E-state index < -0.39 is 5.97 Å². The Morgan fingerprint density at radius 2 is 1.76 bits per heavy atom. The molecular weight excluding hydrogens is 374 g/mol. The molecule has 29 heavy (non-hydrogen) atoms. The molecule has 0 spiro atoms. The normalized spacial score (nSPS) is 10.7. The highest BCUT2D eigenvalue weighted by molar-refractivity contribution is 5.91. The highest BCUT2D eigenvalue weighted by Gasteiger charge is 2.11. The Bertz CT molecular complexity index is 1080. The van der Waals surface area contributed by atoms with Gasteiger partial charge in [0.25, 0.3) is 0 Å². The molecule has 2 heterocycles. The molecule has 0 N–H and O–H groups in total. The Hall–Kier alpha value is -4.01. The van der Waals surface area contributed by atoms with Gasteiger partial charge in [-0.2, -0.15) is 0 Å². The minimum absolute atomic E-state index is 0.346. The van der Waals surface area contributed by atoms with Crippen LogP contribution in [0.5, 0.6) is 11.5 Å². The van der Waals surface area contributed by atoms with Crippen molar-refractivity contribution < 1.29 is 18.8 Å². The van der Waals surface area contributed by atoms with Crippen LogP contribution in [0.4, 0.5) is 0 Å². The lowest BCUT2D eigenvalue weighted by Gasteiger charge is -2.08. The van der Waals surface area contributed by atoms with Crippen molar-refractivity contribution in [2.45, 2.75) is 20.5 Å². The Labute approximate surface area is 165 Å². The topological polar surface area (TPSA) is 105 Å². The number of ether oxygens (including phenoxy) is 2. The summed E-state index contributed by atoms with van der Waals surface area (Å²) >= 11 is 0. The van der Waals surface area contributed by atoms with Gasteiger partial charge in [0.15, 0.2) is 0 Å². The van der Waals surface area contributed by atoms with E-state index in [2.05, 4.69) is 20.7 Å². The van der Waals surface area contributed by atoms with Crippen LogP contribution >= 0.6 is 0 Å². The summed E-state index contributed by atoms with van der Waals surface area (Å²) in [5, 5.41) is 14.9. The summed E-state index contributed by atoms with van der Waals surface area (Å²) in [7, 11) is 0. The smallest absolute Gasteiger partial charge is 0.343 e. The molecule has 0 bridgehead atoms. The first-order valence-corrected chi connectivity index (χ1v) is 8.80. The minimum Gasteiger partial charge on any atom is -0.489 e. The first-order chi connectivity index (χ1) is 14.1. The number of hydrogen-bond donors (Lipinski definition) is 0. The average Bonchev–Trinajstić information content (AvgIpc) is 3.38. The van der Waals surface area contributed by atoms with Crippen LogP contribution in [0.3, 0.4) is 0 Å². The van der Waals surface area contributed by atoms with E-state index in [1.165, 1.54) is 11.0 Å². The molecule has 0 amide bonds. The summed E-state index contributed by atoms with van der Waals surface area (Å²) in [5.74, 6) is 1.32. The van der Waals surface area contributed by atoms with Gasteiger partial charge in [-0.3, -0.25) is 0 Å². The molecule has 0 unspecified atom stereocenters. The second-order valence-corrected chi connectivity index (χ2v) is 6.25. The predicted molar refractivity (Wildman–Crippen MR) is 101 cm³/mol. The van der Waals surface area contributed by atoms with E-state index in [1.54, 1.807) is 48.5 Å². The lowest BCUT2D eigenvalue weighted by Crippen LogP contribution is -2.08. The molecule has 9 heteroatoms. The fourth-order valence-corrected chi connectivity index (χ4v) is 2.66. The molecule has 0 saturated heterocycles. The van der Waals surface area contributed by atoms with Crippen LogP contribution < -0.4 is 9.47 Å². The lowest BCUT2D eigenvalue weighted by atomic mass is 10.2. The number of carbonyl (C=O) groups is 1. The maximum atomic E-state index is 12.4. The monoisotopic (exact) mass is 391 g/mol. The number of nitrogens with zero attached hydrogens (tertiary/aromatic N) is 5. The van der Waals surface area contributed by atoms with Crippen LogP contribution in [-0.2, 0) is 6.61 Å². The lowest BCUT2D eigenvalue weighted by molar-refractivity contribution is 0.0734. The van der Waals surface area contributed by atoms with Crippen molar-refractivity contribution in [2.24, 2.45) is 0 Å². The van der Waals surface area contributed by atoms with Crippen LogP contribution in [0.15, 0.2) is 59.4 Å². The number of hydrogen-bond acceptors (Lipinski definition) is 8. The Balaban J connectivity index is 1.36. The molecule has 0 fully saturated rings. The van der Waals surface area contributed by atoms with Gasteiger partial charge in [-0.15, -0.1) is 5.10 Å². The standard InChI is InChI=1S/C20H17N5O4/c1-13-19(14(2)29-22-13)11-27-17-7-3-15(4-8-17)20(26)28-18-9-5-16(6-10-18)25-12-21-23-24-25/h3-10,12H,11H2,1-2H3. The third-order valence-electron chi connectivity index (χ3n) is 4.32. The van der Waals surface area contributed by atoms with Crippen molar-refractivity contribution in [1.29, 1.82) is 0 Å². The second-order valence-electron chi connectivity index (χ2n) is 6.25. The second kappa shape index (κ2) is 7.93. The zero-order valence-electron chi connectivity index (χ0n) is 15.8. The van der Waals surface area contributed by atoms with E-state index in [9.17, 15) is 4.79 Å². The number of benzene rings is 2. The van der Waals surface area contributed by atoms with Crippen LogP contribution in [0.2, 0.25) is 0 Å². The van der Waals surface area contributed by atoms with Gasteiger partial charge in [0.1, 0.15) is 30.2 Å². The number of aryl methyl sites for hydroxylation is 2. The first-order valence-electron chi connectivity index (χ1n) is 8.80. The number of rotatable bonds is 6. The van der Waals surface area contributed by atoms with Gasteiger partial charge in [-0.05, 0) is 72.8 Å². The molecule has 0 aliphatic heterocycles. The van der Waals surface area contributed by atoms with Gasteiger partial charge >= 0.3 is 5.97 Å². The molecule has 2 aromatic carbocycles. The molecule has 4 aromatic rings. The van der Waals surface area contributed by atoms with E-state index in [0.29, 0.717) is 23.7 Å². The molecular formula is C20H17N5O4. The number of carbonyl (C=O) groups excluding carboxylic acids is 1. The van der Waals surface area contributed by atoms with Gasteiger partial charge in [0.05, 0.1) is 22.5 Å². The molecule has 2 aromatic heterocycles. The quantitative estimate of drug-likeness (QED) is 0.365. The third kappa shape index (κ3) is 4.13. The molecule has 9 nitrogen and oxygen atoms in total. The highest BCUT2D eigenvalue weighted by atomic mass is 16.5. The highest BCUT2D eigenvalue weighted by Crippen LogP contribution is 2.20. The Morgan fingerprint density at radius 3 is 2.38 bits per heavy atom. The molecule has 0 saturated carbocycles. The van der Waals surface area contributed by atoms with Crippen LogP contribution in [0, 0.1) is 13.8 Å². The van der Waals surface area contributed by atoms with E-state index in [1.807, 2.05) is 13.8 Å². The number of esters is 1. The summed E-state index contributed by atoms with van der Waals surface area (Å²) in [5.41, 5.74) is 2.89.